The molecule has 22 heavy (non-hydrogen) atoms. The standard InChI is InChI=1S/C16H19NO5/c1-10(2)11-3-5-12(6-4-11)13-7-16(22-17-13,8-14(18)19)9-15(20)21/h3-6,10H,7-9H2,1-2H3,(H,18,19)(H,20,21). The van der Waals surface area contributed by atoms with E-state index in [2.05, 4.69) is 19.0 Å². The summed E-state index contributed by atoms with van der Waals surface area (Å²) in [5.74, 6) is -1.80. The zero-order valence-electron chi connectivity index (χ0n) is 12.6. The molecule has 118 valence electrons. The largest absolute Gasteiger partial charge is 0.481 e. The number of oxime groups is 1. The number of rotatable bonds is 6. The number of benzene rings is 1. The topological polar surface area (TPSA) is 96.2 Å². The van der Waals surface area contributed by atoms with Crippen molar-refractivity contribution in [3.63, 3.8) is 0 Å². The minimum atomic E-state index is -1.30. The molecule has 6 heteroatoms. The molecular weight excluding hydrogens is 286 g/mol. The van der Waals surface area contributed by atoms with Crippen LogP contribution in [-0.2, 0) is 14.4 Å². The molecule has 0 radical (unpaired) electrons. The van der Waals surface area contributed by atoms with Gasteiger partial charge in [0, 0.05) is 6.42 Å². The first kappa shape index (κ1) is 16.0. The first-order valence-corrected chi connectivity index (χ1v) is 7.10. The normalized spacial score (nSPS) is 16.2. The Morgan fingerprint density at radius 3 is 2.18 bits per heavy atom. The van der Waals surface area contributed by atoms with Gasteiger partial charge in [0.15, 0.2) is 5.60 Å². The molecule has 1 aliphatic rings. The van der Waals surface area contributed by atoms with Gasteiger partial charge in [0.25, 0.3) is 0 Å². The van der Waals surface area contributed by atoms with Crippen molar-refractivity contribution in [3.05, 3.63) is 35.4 Å². The quantitative estimate of drug-likeness (QED) is 0.842. The Labute approximate surface area is 128 Å². The van der Waals surface area contributed by atoms with Crippen LogP contribution in [-0.4, -0.2) is 33.5 Å². The summed E-state index contributed by atoms with van der Waals surface area (Å²) < 4.78 is 0. The third-order valence-corrected chi connectivity index (χ3v) is 3.70. The van der Waals surface area contributed by atoms with E-state index in [4.69, 9.17) is 15.1 Å². The molecule has 6 nitrogen and oxygen atoms in total. The highest BCUT2D eigenvalue weighted by molar-refractivity contribution is 6.02. The lowest BCUT2D eigenvalue weighted by molar-refractivity contribution is -0.151. The van der Waals surface area contributed by atoms with Crippen LogP contribution >= 0.6 is 0 Å². The van der Waals surface area contributed by atoms with E-state index in [-0.39, 0.29) is 6.42 Å². The van der Waals surface area contributed by atoms with Crippen LogP contribution in [0.2, 0.25) is 0 Å². The van der Waals surface area contributed by atoms with Gasteiger partial charge in [-0.3, -0.25) is 9.59 Å². The average Bonchev–Trinajstić information content (AvgIpc) is 2.80. The van der Waals surface area contributed by atoms with Gasteiger partial charge < -0.3 is 15.1 Å². The lowest BCUT2D eigenvalue weighted by atomic mass is 9.88. The predicted octanol–water partition coefficient (Wildman–Crippen LogP) is 2.62. The highest BCUT2D eigenvalue weighted by atomic mass is 16.7. The fourth-order valence-electron chi connectivity index (χ4n) is 2.54. The molecule has 1 aromatic carbocycles. The summed E-state index contributed by atoms with van der Waals surface area (Å²) in [7, 11) is 0. The van der Waals surface area contributed by atoms with Gasteiger partial charge in [-0.15, -0.1) is 0 Å². The molecular formula is C16H19NO5. The van der Waals surface area contributed by atoms with E-state index in [1.54, 1.807) is 0 Å². The van der Waals surface area contributed by atoms with Gasteiger partial charge in [-0.05, 0) is 17.0 Å². The van der Waals surface area contributed by atoms with E-state index >= 15 is 0 Å². The minimum Gasteiger partial charge on any atom is -0.481 e. The summed E-state index contributed by atoms with van der Waals surface area (Å²) in [4.78, 5) is 27.2. The van der Waals surface area contributed by atoms with Crippen molar-refractivity contribution in [2.75, 3.05) is 0 Å². The monoisotopic (exact) mass is 305 g/mol. The number of carboxylic acids is 2. The molecule has 0 amide bonds. The Balaban J connectivity index is 2.17. The van der Waals surface area contributed by atoms with E-state index in [0.717, 1.165) is 5.56 Å². The Bertz CT molecular complexity index is 587. The molecule has 0 aromatic heterocycles. The molecule has 1 aliphatic heterocycles. The van der Waals surface area contributed by atoms with Crippen molar-refractivity contribution < 1.29 is 24.6 Å². The zero-order valence-corrected chi connectivity index (χ0v) is 12.6. The lowest BCUT2D eigenvalue weighted by Gasteiger charge is -2.22. The smallest absolute Gasteiger partial charge is 0.307 e. The molecule has 0 unspecified atom stereocenters. The fraction of sp³-hybridized carbons (Fsp3) is 0.438. The maximum Gasteiger partial charge on any atom is 0.307 e. The van der Waals surface area contributed by atoms with Gasteiger partial charge in [0.1, 0.15) is 0 Å². The van der Waals surface area contributed by atoms with Crippen LogP contribution < -0.4 is 0 Å². The van der Waals surface area contributed by atoms with Gasteiger partial charge in [-0.2, -0.15) is 0 Å². The summed E-state index contributed by atoms with van der Waals surface area (Å²) in [6, 6.07) is 7.76. The molecule has 2 rings (SSSR count). The molecule has 1 heterocycles. The van der Waals surface area contributed by atoms with Crippen LogP contribution in [0, 0.1) is 0 Å². The molecule has 0 spiro atoms. The van der Waals surface area contributed by atoms with E-state index < -0.39 is 30.4 Å². The summed E-state index contributed by atoms with van der Waals surface area (Å²) in [6.07, 6.45) is -0.612. The second-order valence-electron chi connectivity index (χ2n) is 5.91. The maximum atomic E-state index is 11.0. The number of hydrogen-bond acceptors (Lipinski definition) is 4. The molecule has 0 saturated heterocycles. The third kappa shape index (κ3) is 3.63. The molecule has 0 aliphatic carbocycles. The van der Waals surface area contributed by atoms with Crippen LogP contribution in [0.5, 0.6) is 0 Å². The zero-order chi connectivity index (χ0) is 16.3. The van der Waals surface area contributed by atoms with Crippen LogP contribution in [0.25, 0.3) is 0 Å². The Morgan fingerprint density at radius 2 is 1.73 bits per heavy atom. The number of hydrogen-bond donors (Lipinski definition) is 2. The first-order valence-electron chi connectivity index (χ1n) is 7.10. The average molecular weight is 305 g/mol. The van der Waals surface area contributed by atoms with Crippen LogP contribution in [0.15, 0.2) is 29.4 Å². The van der Waals surface area contributed by atoms with Crippen molar-refractivity contribution in [2.45, 2.75) is 44.6 Å². The SMILES string of the molecule is CC(C)c1ccc(C2=NOC(CC(=O)O)(CC(=O)O)C2)cc1. The third-order valence-electron chi connectivity index (χ3n) is 3.70. The number of carbonyl (C=O) groups is 2. The predicted molar refractivity (Wildman–Crippen MR) is 80.0 cm³/mol. The minimum absolute atomic E-state index is 0.173. The van der Waals surface area contributed by atoms with Crippen molar-refractivity contribution in [3.8, 4) is 0 Å². The molecule has 1 aromatic rings. The Hall–Kier alpha value is -2.37. The molecule has 0 fully saturated rings. The summed E-state index contributed by atoms with van der Waals surface area (Å²) in [5, 5.41) is 21.9. The highest BCUT2D eigenvalue weighted by Crippen LogP contribution is 2.33. The van der Waals surface area contributed by atoms with Gasteiger partial charge in [-0.25, -0.2) is 0 Å². The van der Waals surface area contributed by atoms with Crippen molar-refractivity contribution in [1.82, 2.24) is 0 Å². The molecule has 0 atom stereocenters. The molecule has 0 bridgehead atoms. The molecule has 2 N–H and O–H groups in total. The second kappa shape index (κ2) is 6.17. The fourth-order valence-corrected chi connectivity index (χ4v) is 2.54. The molecule has 0 saturated carbocycles. The summed E-state index contributed by atoms with van der Waals surface area (Å²) >= 11 is 0. The summed E-state index contributed by atoms with van der Waals surface area (Å²) in [6.45, 7) is 4.19. The maximum absolute atomic E-state index is 11.0. The van der Waals surface area contributed by atoms with Crippen LogP contribution in [0.3, 0.4) is 0 Å². The van der Waals surface area contributed by atoms with Crippen LogP contribution in [0.4, 0.5) is 0 Å². The second-order valence-corrected chi connectivity index (χ2v) is 5.91. The number of aliphatic carboxylic acids is 2. The van der Waals surface area contributed by atoms with Crippen molar-refractivity contribution in [2.24, 2.45) is 5.16 Å². The highest BCUT2D eigenvalue weighted by Gasteiger charge is 2.43. The number of nitrogens with zero attached hydrogens (tertiary/aromatic N) is 1. The lowest BCUT2D eigenvalue weighted by Crippen LogP contribution is -2.35. The van der Waals surface area contributed by atoms with E-state index in [1.165, 1.54) is 5.56 Å². The van der Waals surface area contributed by atoms with E-state index in [1.807, 2.05) is 24.3 Å². The summed E-state index contributed by atoms with van der Waals surface area (Å²) in [5.41, 5.74) is 1.29. The van der Waals surface area contributed by atoms with E-state index in [0.29, 0.717) is 11.6 Å². The first-order chi connectivity index (χ1) is 10.3. The van der Waals surface area contributed by atoms with Gasteiger partial charge >= 0.3 is 11.9 Å². The number of carboxylic acid groups (broad SMARTS) is 2. The van der Waals surface area contributed by atoms with Crippen LogP contribution in [0.1, 0.15) is 50.2 Å². The van der Waals surface area contributed by atoms with Crippen molar-refractivity contribution in [1.29, 1.82) is 0 Å². The van der Waals surface area contributed by atoms with Gasteiger partial charge in [0.2, 0.25) is 0 Å². The van der Waals surface area contributed by atoms with Gasteiger partial charge in [0.05, 0.1) is 18.6 Å². The van der Waals surface area contributed by atoms with E-state index in [9.17, 15) is 9.59 Å². The Morgan fingerprint density at radius 1 is 1.18 bits per heavy atom. The Kier molecular flexibility index (Phi) is 4.49. The van der Waals surface area contributed by atoms with Crippen molar-refractivity contribution >= 4 is 17.7 Å². The van der Waals surface area contributed by atoms with Gasteiger partial charge in [-0.1, -0.05) is 43.3 Å².